The average Bonchev–Trinajstić information content (AvgIpc) is 2.92. The fourth-order valence-corrected chi connectivity index (χ4v) is 2.80. The summed E-state index contributed by atoms with van der Waals surface area (Å²) in [5.41, 5.74) is 1.79. The Kier molecular flexibility index (Phi) is 4.54. The van der Waals surface area contributed by atoms with Crippen LogP contribution in [-0.4, -0.2) is 33.8 Å². The molecular weight excluding hydrogens is 260 g/mol. The zero-order chi connectivity index (χ0) is 14.7. The zero-order valence-corrected chi connectivity index (χ0v) is 11.9. The molecule has 110 valence electrons. The summed E-state index contributed by atoms with van der Waals surface area (Å²) in [6, 6.07) is -0.0246. The van der Waals surface area contributed by atoms with Crippen molar-refractivity contribution in [3.63, 3.8) is 0 Å². The minimum atomic E-state index is -0.899. The first kappa shape index (κ1) is 14.7. The molecule has 0 bridgehead atoms. The van der Waals surface area contributed by atoms with Crippen molar-refractivity contribution in [2.45, 2.75) is 45.6 Å². The van der Waals surface area contributed by atoms with Crippen LogP contribution in [0.5, 0.6) is 0 Å². The molecule has 1 saturated heterocycles. The summed E-state index contributed by atoms with van der Waals surface area (Å²) in [6.07, 6.45) is 1.86. The third-order valence-electron chi connectivity index (χ3n) is 3.69. The van der Waals surface area contributed by atoms with Crippen molar-refractivity contribution >= 4 is 5.97 Å². The van der Waals surface area contributed by atoms with Crippen LogP contribution in [0.25, 0.3) is 0 Å². The van der Waals surface area contributed by atoms with E-state index in [1.54, 1.807) is 4.57 Å². The fourth-order valence-electron chi connectivity index (χ4n) is 2.80. The molecule has 6 heteroatoms. The van der Waals surface area contributed by atoms with Gasteiger partial charge in [0.05, 0.1) is 24.8 Å². The molecule has 1 aliphatic rings. The molecule has 0 spiro atoms. The first-order valence-electron chi connectivity index (χ1n) is 7.01. The van der Waals surface area contributed by atoms with Crippen LogP contribution in [0, 0.1) is 0 Å². The average molecular weight is 280 g/mol. The van der Waals surface area contributed by atoms with E-state index in [9.17, 15) is 9.59 Å². The van der Waals surface area contributed by atoms with Crippen LogP contribution in [0.4, 0.5) is 0 Å². The Morgan fingerprint density at radius 2 is 2.20 bits per heavy atom. The summed E-state index contributed by atoms with van der Waals surface area (Å²) in [7, 11) is 0. The highest BCUT2D eigenvalue weighted by Crippen LogP contribution is 2.22. The monoisotopic (exact) mass is 280 g/mol. The number of hydrogen-bond donors (Lipinski definition) is 1. The fraction of sp³-hybridized carbons (Fsp3) is 0.643. The van der Waals surface area contributed by atoms with Crippen LogP contribution in [0.1, 0.15) is 43.3 Å². The standard InChI is InChI=1S/C14H20N2O4/c1-3-11-10(7-13(17)18)12(4-2)16(14(19)15-11)9-5-6-20-8-9/h9H,3-8H2,1-2H3,(H,17,18). The maximum Gasteiger partial charge on any atom is 0.348 e. The first-order valence-corrected chi connectivity index (χ1v) is 7.01. The Hall–Kier alpha value is -1.69. The number of nitrogens with zero attached hydrogens (tertiary/aromatic N) is 2. The predicted molar refractivity (Wildman–Crippen MR) is 73.1 cm³/mol. The summed E-state index contributed by atoms with van der Waals surface area (Å²) in [5, 5.41) is 9.09. The number of hydrogen-bond acceptors (Lipinski definition) is 4. The number of carbonyl (C=O) groups is 1. The van der Waals surface area contributed by atoms with Gasteiger partial charge in [-0.05, 0) is 19.3 Å². The molecule has 1 atom stereocenters. The smallest absolute Gasteiger partial charge is 0.348 e. The second-order valence-electron chi connectivity index (χ2n) is 4.93. The molecule has 2 heterocycles. The number of aliphatic carboxylic acids is 1. The summed E-state index contributed by atoms with van der Waals surface area (Å²) in [4.78, 5) is 27.4. The molecule has 1 fully saturated rings. The lowest BCUT2D eigenvalue weighted by Crippen LogP contribution is -2.33. The van der Waals surface area contributed by atoms with E-state index in [2.05, 4.69) is 4.98 Å². The van der Waals surface area contributed by atoms with E-state index < -0.39 is 5.97 Å². The molecule has 6 nitrogen and oxygen atoms in total. The van der Waals surface area contributed by atoms with E-state index in [1.807, 2.05) is 13.8 Å². The highest BCUT2D eigenvalue weighted by Gasteiger charge is 2.25. The van der Waals surface area contributed by atoms with E-state index >= 15 is 0 Å². The van der Waals surface area contributed by atoms with Crippen LogP contribution in [0.3, 0.4) is 0 Å². The molecule has 1 aromatic rings. The van der Waals surface area contributed by atoms with Gasteiger partial charge < -0.3 is 9.84 Å². The van der Waals surface area contributed by atoms with Gasteiger partial charge in [0.25, 0.3) is 0 Å². The quantitative estimate of drug-likeness (QED) is 0.868. The van der Waals surface area contributed by atoms with Crippen molar-refractivity contribution in [1.29, 1.82) is 0 Å². The predicted octanol–water partition coefficient (Wildman–Crippen LogP) is 0.957. The van der Waals surface area contributed by atoms with Crippen molar-refractivity contribution in [2.75, 3.05) is 13.2 Å². The number of aromatic nitrogens is 2. The lowest BCUT2D eigenvalue weighted by Gasteiger charge is -2.21. The van der Waals surface area contributed by atoms with Crippen molar-refractivity contribution < 1.29 is 14.6 Å². The Labute approximate surface area is 117 Å². The Balaban J connectivity index is 2.60. The van der Waals surface area contributed by atoms with E-state index in [-0.39, 0.29) is 18.2 Å². The molecule has 1 aliphatic heterocycles. The minimum Gasteiger partial charge on any atom is -0.481 e. The van der Waals surface area contributed by atoms with Gasteiger partial charge in [-0.15, -0.1) is 0 Å². The molecular formula is C14H20N2O4. The van der Waals surface area contributed by atoms with E-state index in [1.165, 1.54) is 0 Å². The maximum atomic E-state index is 12.3. The molecule has 0 aromatic carbocycles. The summed E-state index contributed by atoms with van der Waals surface area (Å²) in [6.45, 7) is 4.94. The normalized spacial score (nSPS) is 18.4. The van der Waals surface area contributed by atoms with Crippen LogP contribution in [0.2, 0.25) is 0 Å². The van der Waals surface area contributed by atoms with Crippen LogP contribution >= 0.6 is 0 Å². The third-order valence-corrected chi connectivity index (χ3v) is 3.69. The van der Waals surface area contributed by atoms with Gasteiger partial charge in [0.1, 0.15) is 0 Å². The van der Waals surface area contributed by atoms with Crippen LogP contribution < -0.4 is 5.69 Å². The van der Waals surface area contributed by atoms with Gasteiger partial charge in [0.2, 0.25) is 0 Å². The van der Waals surface area contributed by atoms with E-state index in [0.29, 0.717) is 37.3 Å². The first-order chi connectivity index (χ1) is 9.58. The molecule has 20 heavy (non-hydrogen) atoms. The van der Waals surface area contributed by atoms with Crippen molar-refractivity contribution in [3.05, 3.63) is 27.4 Å². The SMILES string of the molecule is CCc1nc(=O)n(C2CCOC2)c(CC)c1CC(=O)O. The number of ether oxygens (including phenoxy) is 1. The summed E-state index contributed by atoms with van der Waals surface area (Å²) < 4.78 is 6.98. The van der Waals surface area contributed by atoms with E-state index in [0.717, 1.165) is 12.1 Å². The molecule has 0 amide bonds. The number of carboxylic acids is 1. The maximum absolute atomic E-state index is 12.3. The minimum absolute atomic E-state index is 0.0246. The highest BCUT2D eigenvalue weighted by atomic mass is 16.5. The topological polar surface area (TPSA) is 81.4 Å². The zero-order valence-electron chi connectivity index (χ0n) is 11.9. The molecule has 0 radical (unpaired) electrons. The number of rotatable bonds is 5. The van der Waals surface area contributed by atoms with Crippen LogP contribution in [0.15, 0.2) is 4.79 Å². The molecule has 1 aromatic heterocycles. The molecule has 1 N–H and O–H groups in total. The Bertz CT molecular complexity index is 559. The number of carboxylic acid groups (broad SMARTS) is 1. The third kappa shape index (κ3) is 2.75. The van der Waals surface area contributed by atoms with E-state index in [4.69, 9.17) is 9.84 Å². The Morgan fingerprint density at radius 3 is 2.70 bits per heavy atom. The van der Waals surface area contributed by atoms with Gasteiger partial charge in [-0.2, -0.15) is 4.98 Å². The number of aryl methyl sites for hydroxylation is 1. The summed E-state index contributed by atoms with van der Waals surface area (Å²) in [5.74, 6) is -0.899. The van der Waals surface area contributed by atoms with Gasteiger partial charge in [-0.25, -0.2) is 4.79 Å². The molecule has 0 saturated carbocycles. The van der Waals surface area contributed by atoms with Gasteiger partial charge in [0, 0.05) is 17.9 Å². The summed E-state index contributed by atoms with van der Waals surface area (Å²) >= 11 is 0. The molecule has 1 unspecified atom stereocenters. The van der Waals surface area contributed by atoms with Crippen LogP contribution in [-0.2, 0) is 28.8 Å². The van der Waals surface area contributed by atoms with Gasteiger partial charge in [-0.1, -0.05) is 13.8 Å². The van der Waals surface area contributed by atoms with Crippen molar-refractivity contribution in [1.82, 2.24) is 9.55 Å². The Morgan fingerprint density at radius 1 is 1.45 bits per heavy atom. The van der Waals surface area contributed by atoms with Crippen molar-refractivity contribution in [2.24, 2.45) is 0 Å². The largest absolute Gasteiger partial charge is 0.481 e. The lowest BCUT2D eigenvalue weighted by molar-refractivity contribution is -0.136. The second-order valence-corrected chi connectivity index (χ2v) is 4.93. The van der Waals surface area contributed by atoms with Gasteiger partial charge >= 0.3 is 11.7 Å². The highest BCUT2D eigenvalue weighted by molar-refractivity contribution is 5.71. The molecule has 2 rings (SSSR count). The van der Waals surface area contributed by atoms with Gasteiger partial charge in [-0.3, -0.25) is 9.36 Å². The van der Waals surface area contributed by atoms with Gasteiger partial charge in [0.15, 0.2) is 0 Å². The van der Waals surface area contributed by atoms with Crippen molar-refractivity contribution in [3.8, 4) is 0 Å². The molecule has 0 aliphatic carbocycles. The lowest BCUT2D eigenvalue weighted by atomic mass is 10.0. The second kappa shape index (κ2) is 6.17.